The lowest BCUT2D eigenvalue weighted by Gasteiger charge is -2.08. The van der Waals surface area contributed by atoms with Gasteiger partial charge in [-0.2, -0.15) is 0 Å². The van der Waals surface area contributed by atoms with Crippen LogP contribution in [0.1, 0.15) is 24.8 Å². The average Bonchev–Trinajstić information content (AvgIpc) is 2.81. The summed E-state index contributed by atoms with van der Waals surface area (Å²) in [6.45, 7) is 2.28. The first-order chi connectivity index (χ1) is 5.76. The van der Waals surface area contributed by atoms with Crippen LogP contribution in [-0.2, 0) is 0 Å². The molecule has 0 amide bonds. The Hall–Kier alpha value is -0.820. The third-order valence-electron chi connectivity index (χ3n) is 3.01. The Bertz CT molecular complexity index is 268. The highest BCUT2D eigenvalue weighted by atomic mass is 15.0. The number of rotatable bonds is 2. The van der Waals surface area contributed by atoms with E-state index < -0.39 is 0 Å². The average molecular weight is 161 g/mol. The van der Waals surface area contributed by atoms with Gasteiger partial charge in [-0.25, -0.2) is 0 Å². The van der Waals surface area contributed by atoms with Gasteiger partial charge < -0.3 is 5.32 Å². The second kappa shape index (κ2) is 2.60. The second-order valence-corrected chi connectivity index (χ2v) is 3.83. The molecule has 0 saturated heterocycles. The minimum Gasteiger partial charge on any atom is -0.314 e. The molecule has 1 aliphatic rings. The minimum atomic E-state index is 0.362. The van der Waals surface area contributed by atoms with Crippen molar-refractivity contribution >= 4 is 0 Å². The predicted octanol–water partition coefficient (Wildman–Crippen LogP) is 2.15. The molecule has 0 radical (unpaired) electrons. The number of hydrogen-bond acceptors (Lipinski definition) is 1. The molecule has 0 unspecified atom stereocenters. The molecule has 12 heavy (non-hydrogen) atoms. The van der Waals surface area contributed by atoms with Gasteiger partial charge in [-0.15, -0.1) is 0 Å². The molecule has 0 heterocycles. The van der Waals surface area contributed by atoms with E-state index >= 15 is 0 Å². The van der Waals surface area contributed by atoms with Crippen LogP contribution in [0.25, 0.3) is 0 Å². The van der Waals surface area contributed by atoms with E-state index in [0.29, 0.717) is 5.54 Å². The molecule has 1 saturated carbocycles. The first kappa shape index (κ1) is 7.81. The van der Waals surface area contributed by atoms with Crippen LogP contribution < -0.4 is 5.32 Å². The highest BCUT2D eigenvalue weighted by molar-refractivity contribution is 5.32. The van der Waals surface area contributed by atoms with E-state index in [0.717, 1.165) is 5.92 Å². The molecular weight excluding hydrogens is 146 g/mol. The van der Waals surface area contributed by atoms with E-state index in [9.17, 15) is 0 Å². The van der Waals surface area contributed by atoms with Gasteiger partial charge in [-0.1, -0.05) is 30.3 Å². The molecule has 1 fully saturated rings. The second-order valence-electron chi connectivity index (χ2n) is 3.83. The van der Waals surface area contributed by atoms with Crippen LogP contribution >= 0.6 is 0 Å². The smallest absolute Gasteiger partial charge is 0.0226 e. The summed E-state index contributed by atoms with van der Waals surface area (Å²) in [6.07, 6.45) is 1.27. The lowest BCUT2D eigenvalue weighted by molar-refractivity contribution is 0.586. The van der Waals surface area contributed by atoms with Gasteiger partial charge in [0.25, 0.3) is 0 Å². The Morgan fingerprint density at radius 1 is 1.33 bits per heavy atom. The zero-order valence-corrected chi connectivity index (χ0v) is 7.67. The van der Waals surface area contributed by atoms with E-state index in [4.69, 9.17) is 0 Å². The third kappa shape index (κ3) is 1.14. The van der Waals surface area contributed by atoms with Crippen LogP contribution in [0.5, 0.6) is 0 Å². The zero-order chi connectivity index (χ0) is 8.60. The van der Waals surface area contributed by atoms with Crippen molar-refractivity contribution in [1.29, 1.82) is 0 Å². The number of likely N-dealkylation sites (N-methyl/N-ethyl adjacent to an activating group) is 1. The van der Waals surface area contributed by atoms with E-state index in [-0.39, 0.29) is 0 Å². The maximum Gasteiger partial charge on any atom is 0.0226 e. The maximum absolute atomic E-state index is 3.36. The van der Waals surface area contributed by atoms with Gasteiger partial charge in [0, 0.05) is 11.5 Å². The predicted molar refractivity (Wildman–Crippen MR) is 51.3 cm³/mol. The normalized spacial score (nSPS) is 33.3. The molecular formula is C11H15N. The molecule has 1 aromatic rings. The molecule has 1 nitrogen and oxygen atoms in total. The topological polar surface area (TPSA) is 12.0 Å². The van der Waals surface area contributed by atoms with Crippen LogP contribution in [-0.4, -0.2) is 12.6 Å². The lowest BCUT2D eigenvalue weighted by Crippen LogP contribution is -2.24. The largest absolute Gasteiger partial charge is 0.314 e. The molecule has 1 aliphatic carbocycles. The van der Waals surface area contributed by atoms with Gasteiger partial charge in [0.2, 0.25) is 0 Å². The highest BCUT2D eigenvalue weighted by Gasteiger charge is 2.49. The highest BCUT2D eigenvalue weighted by Crippen LogP contribution is 2.50. The molecule has 0 aliphatic heterocycles. The van der Waals surface area contributed by atoms with Crippen molar-refractivity contribution in [2.45, 2.75) is 24.8 Å². The Balaban J connectivity index is 2.16. The number of benzene rings is 1. The fourth-order valence-corrected chi connectivity index (χ4v) is 1.81. The Morgan fingerprint density at radius 3 is 2.50 bits per heavy atom. The standard InChI is InChI=1S/C11H15N/c1-11(12-2)8-10(11)9-6-4-3-5-7-9/h3-7,10,12H,8H2,1-2H3/t10-,11+/m0/s1. The van der Waals surface area contributed by atoms with Crippen LogP contribution in [0.4, 0.5) is 0 Å². The van der Waals surface area contributed by atoms with Gasteiger partial charge in [0.1, 0.15) is 0 Å². The van der Waals surface area contributed by atoms with Crippen molar-refractivity contribution in [3.8, 4) is 0 Å². The Morgan fingerprint density at radius 2 is 2.00 bits per heavy atom. The van der Waals surface area contributed by atoms with Crippen LogP contribution in [0.3, 0.4) is 0 Å². The van der Waals surface area contributed by atoms with Gasteiger partial charge in [-0.3, -0.25) is 0 Å². The summed E-state index contributed by atoms with van der Waals surface area (Å²) in [5, 5.41) is 3.36. The van der Waals surface area contributed by atoms with Gasteiger partial charge in [-0.05, 0) is 26.0 Å². The van der Waals surface area contributed by atoms with Gasteiger partial charge in [0.05, 0.1) is 0 Å². The van der Waals surface area contributed by atoms with Gasteiger partial charge in [0.15, 0.2) is 0 Å². The van der Waals surface area contributed by atoms with E-state index in [1.165, 1.54) is 12.0 Å². The molecule has 64 valence electrons. The molecule has 1 heteroatoms. The molecule has 1 N–H and O–H groups in total. The lowest BCUT2D eigenvalue weighted by atomic mass is 10.1. The first-order valence-corrected chi connectivity index (χ1v) is 4.50. The van der Waals surface area contributed by atoms with Crippen LogP contribution in [0.2, 0.25) is 0 Å². The summed E-state index contributed by atoms with van der Waals surface area (Å²) in [5.74, 6) is 0.726. The zero-order valence-electron chi connectivity index (χ0n) is 7.67. The Labute approximate surface area is 73.8 Å². The van der Waals surface area contributed by atoms with Crippen molar-refractivity contribution < 1.29 is 0 Å². The van der Waals surface area contributed by atoms with Gasteiger partial charge >= 0.3 is 0 Å². The molecule has 1 aromatic carbocycles. The summed E-state index contributed by atoms with van der Waals surface area (Å²) in [5.41, 5.74) is 1.83. The molecule has 0 bridgehead atoms. The van der Waals surface area contributed by atoms with Crippen molar-refractivity contribution in [2.75, 3.05) is 7.05 Å². The Kier molecular flexibility index (Phi) is 1.69. The maximum atomic E-state index is 3.36. The van der Waals surface area contributed by atoms with Crippen molar-refractivity contribution in [3.05, 3.63) is 35.9 Å². The summed E-state index contributed by atoms with van der Waals surface area (Å²) >= 11 is 0. The summed E-state index contributed by atoms with van der Waals surface area (Å²) in [7, 11) is 2.04. The summed E-state index contributed by atoms with van der Waals surface area (Å²) < 4.78 is 0. The first-order valence-electron chi connectivity index (χ1n) is 4.50. The van der Waals surface area contributed by atoms with Crippen LogP contribution in [0, 0.1) is 0 Å². The van der Waals surface area contributed by atoms with Crippen molar-refractivity contribution in [1.82, 2.24) is 5.32 Å². The third-order valence-corrected chi connectivity index (χ3v) is 3.01. The fraction of sp³-hybridized carbons (Fsp3) is 0.455. The number of nitrogens with one attached hydrogen (secondary N) is 1. The summed E-state index contributed by atoms with van der Waals surface area (Å²) in [6, 6.07) is 10.7. The summed E-state index contributed by atoms with van der Waals surface area (Å²) in [4.78, 5) is 0. The molecule has 2 rings (SSSR count). The fourth-order valence-electron chi connectivity index (χ4n) is 1.81. The van der Waals surface area contributed by atoms with Crippen molar-refractivity contribution in [2.24, 2.45) is 0 Å². The molecule has 0 aromatic heterocycles. The molecule has 2 atom stereocenters. The van der Waals surface area contributed by atoms with E-state index in [1.807, 2.05) is 7.05 Å². The van der Waals surface area contributed by atoms with Crippen LogP contribution in [0.15, 0.2) is 30.3 Å². The minimum absolute atomic E-state index is 0.362. The SMILES string of the molecule is CN[C@]1(C)C[C@H]1c1ccccc1. The number of hydrogen-bond donors (Lipinski definition) is 1. The monoisotopic (exact) mass is 161 g/mol. The van der Waals surface area contributed by atoms with E-state index in [2.05, 4.69) is 42.6 Å². The van der Waals surface area contributed by atoms with Crippen molar-refractivity contribution in [3.63, 3.8) is 0 Å². The van der Waals surface area contributed by atoms with E-state index in [1.54, 1.807) is 0 Å². The quantitative estimate of drug-likeness (QED) is 0.700. The molecule has 0 spiro atoms.